The van der Waals surface area contributed by atoms with E-state index in [9.17, 15) is 0 Å². The first-order valence-electron chi connectivity index (χ1n) is 32.0. The van der Waals surface area contributed by atoms with Crippen LogP contribution in [0.3, 0.4) is 0 Å². The molecule has 0 saturated carbocycles. The molecule has 0 amide bonds. The van der Waals surface area contributed by atoms with E-state index in [2.05, 4.69) is 346 Å². The fraction of sp³-hybridized carbons (Fsp3) is 0.159. The van der Waals surface area contributed by atoms with Gasteiger partial charge in [-0.2, -0.15) is 0 Å². The molecule has 0 bridgehead atoms. The van der Waals surface area contributed by atoms with E-state index in [1.165, 1.54) is 122 Å². The zero-order valence-electron chi connectivity index (χ0n) is 53.1. The molecule has 0 heterocycles. The Morgan fingerprint density at radius 3 is 0.844 bits per heavy atom. The van der Waals surface area contributed by atoms with E-state index in [-0.39, 0.29) is 21.7 Å². The average molecular weight is 1160 g/mol. The zero-order valence-corrected chi connectivity index (χ0v) is 53.1. The molecule has 16 rings (SSSR count). The highest BCUT2D eigenvalue weighted by atomic mass is 15.1. The van der Waals surface area contributed by atoms with Gasteiger partial charge < -0.3 is 9.80 Å². The van der Waals surface area contributed by atoms with Crippen LogP contribution in [0.2, 0.25) is 0 Å². The summed E-state index contributed by atoms with van der Waals surface area (Å²) in [6.45, 7) is 23.2. The smallest absolute Gasteiger partial charge is 0.0465 e. The Morgan fingerprint density at radius 2 is 0.478 bits per heavy atom. The van der Waals surface area contributed by atoms with Crippen LogP contribution < -0.4 is 9.80 Å². The summed E-state index contributed by atoms with van der Waals surface area (Å²) >= 11 is 0. The maximum absolute atomic E-state index is 3.64. The minimum atomic E-state index is -0.253. The first-order chi connectivity index (χ1) is 43.4. The van der Waals surface area contributed by atoms with Crippen molar-refractivity contribution >= 4 is 34.1 Å². The lowest BCUT2D eigenvalue weighted by Crippen LogP contribution is -2.17. The first kappa shape index (κ1) is 55.1. The Hall–Kier alpha value is -10.2. The summed E-state index contributed by atoms with van der Waals surface area (Å²) in [4.78, 5) is 4.82. The van der Waals surface area contributed by atoms with E-state index in [4.69, 9.17) is 0 Å². The van der Waals surface area contributed by atoms with Gasteiger partial charge in [0.25, 0.3) is 0 Å². The number of hydrogen-bond donors (Lipinski definition) is 0. The van der Waals surface area contributed by atoms with Crippen LogP contribution in [0.1, 0.15) is 122 Å². The van der Waals surface area contributed by atoms with Gasteiger partial charge in [0.2, 0.25) is 0 Å². The van der Waals surface area contributed by atoms with Gasteiger partial charge in [-0.25, -0.2) is 0 Å². The quantitative estimate of drug-likeness (QED) is 0.140. The van der Waals surface area contributed by atoms with Crippen molar-refractivity contribution in [3.63, 3.8) is 0 Å². The molecule has 0 aliphatic heterocycles. The van der Waals surface area contributed by atoms with Gasteiger partial charge >= 0.3 is 0 Å². The maximum Gasteiger partial charge on any atom is 0.0465 e. The molecule has 0 fully saturated rings. The Bertz CT molecular complexity index is 4680. The molecule has 2 nitrogen and oxygen atoms in total. The van der Waals surface area contributed by atoms with Crippen molar-refractivity contribution in [2.75, 3.05) is 9.80 Å². The van der Waals surface area contributed by atoms with Crippen molar-refractivity contribution in [1.82, 2.24) is 0 Å². The number of anilines is 6. The monoisotopic (exact) mass is 1160 g/mol. The van der Waals surface area contributed by atoms with E-state index in [0.29, 0.717) is 0 Å². The third-order valence-corrected chi connectivity index (χ3v) is 20.9. The molecule has 0 spiro atoms. The molecule has 90 heavy (non-hydrogen) atoms. The van der Waals surface area contributed by atoms with Gasteiger partial charge in [-0.3, -0.25) is 0 Å². The molecule has 0 saturated heterocycles. The molecular formula is C88H72N2. The third kappa shape index (κ3) is 8.61. The minimum absolute atomic E-state index is 0.0518. The van der Waals surface area contributed by atoms with Crippen LogP contribution in [0.5, 0.6) is 0 Å². The summed E-state index contributed by atoms with van der Waals surface area (Å²) in [6, 6.07) is 95.8. The average Bonchev–Trinajstić information content (AvgIpc) is 1.62. The second-order valence-electron chi connectivity index (χ2n) is 27.8. The summed E-state index contributed by atoms with van der Waals surface area (Å²) in [5.41, 5.74) is 36.9. The molecule has 0 atom stereocenters. The van der Waals surface area contributed by atoms with Gasteiger partial charge in [-0.15, -0.1) is 0 Å². The largest absolute Gasteiger partial charge is 0.310 e. The van der Waals surface area contributed by atoms with Crippen LogP contribution in [0.25, 0.3) is 66.8 Å². The molecule has 0 radical (unpaired) electrons. The summed E-state index contributed by atoms with van der Waals surface area (Å²) < 4.78 is 0. The second kappa shape index (κ2) is 20.2. The number of hydrogen-bond acceptors (Lipinski definition) is 2. The summed E-state index contributed by atoms with van der Waals surface area (Å²) in [7, 11) is 0. The van der Waals surface area contributed by atoms with E-state index < -0.39 is 0 Å². The van der Waals surface area contributed by atoms with E-state index >= 15 is 0 Å². The lowest BCUT2D eigenvalue weighted by molar-refractivity contribution is 0.660. The van der Waals surface area contributed by atoms with Crippen LogP contribution in [-0.4, -0.2) is 0 Å². The van der Waals surface area contributed by atoms with Gasteiger partial charge in [-0.1, -0.05) is 224 Å². The summed E-state index contributed by atoms with van der Waals surface area (Å²) in [5, 5.41) is 0. The van der Waals surface area contributed by atoms with Crippen molar-refractivity contribution in [1.29, 1.82) is 0 Å². The van der Waals surface area contributed by atoms with Gasteiger partial charge in [0.05, 0.1) is 0 Å². The molecule has 0 unspecified atom stereocenters. The normalized spacial score (nSPS) is 14.8. The lowest BCUT2D eigenvalue weighted by atomic mass is 9.81. The molecule has 0 N–H and O–H groups in total. The Balaban J connectivity index is 0.665. The second-order valence-corrected chi connectivity index (χ2v) is 27.8. The molecule has 0 aromatic heterocycles. The van der Waals surface area contributed by atoms with Gasteiger partial charge in [0.15, 0.2) is 0 Å². The molecule has 434 valence electrons. The fourth-order valence-electron chi connectivity index (χ4n) is 15.7. The molecule has 12 aromatic rings. The zero-order chi connectivity index (χ0) is 61.6. The summed E-state index contributed by atoms with van der Waals surface area (Å²) in [5.74, 6) is 7.28. The molecular weight excluding hydrogens is 1080 g/mol. The number of aryl methyl sites for hydroxylation is 2. The van der Waals surface area contributed by atoms with Crippen molar-refractivity contribution in [3.8, 4) is 78.6 Å². The van der Waals surface area contributed by atoms with E-state index in [1.807, 2.05) is 0 Å². The van der Waals surface area contributed by atoms with Crippen molar-refractivity contribution in [2.24, 2.45) is 0 Å². The van der Waals surface area contributed by atoms with E-state index in [0.717, 1.165) is 45.3 Å². The topological polar surface area (TPSA) is 6.48 Å². The van der Waals surface area contributed by atoms with Crippen molar-refractivity contribution < 1.29 is 0 Å². The number of fused-ring (bicyclic) bond motifs is 12. The number of rotatable bonds is 8. The third-order valence-electron chi connectivity index (χ3n) is 20.9. The Labute approximate surface area is 531 Å². The van der Waals surface area contributed by atoms with Crippen LogP contribution in [0, 0.1) is 25.7 Å². The summed E-state index contributed by atoms with van der Waals surface area (Å²) in [6.07, 6.45) is 0. The predicted octanol–water partition coefficient (Wildman–Crippen LogP) is 23.2. The van der Waals surface area contributed by atoms with Crippen LogP contribution >= 0.6 is 0 Å². The van der Waals surface area contributed by atoms with Crippen LogP contribution in [0.15, 0.2) is 255 Å². The Morgan fingerprint density at radius 1 is 0.222 bits per heavy atom. The first-order valence-corrected chi connectivity index (χ1v) is 32.0. The fourth-order valence-corrected chi connectivity index (χ4v) is 15.7. The van der Waals surface area contributed by atoms with Gasteiger partial charge in [0, 0.05) is 66.9 Å². The Kier molecular flexibility index (Phi) is 12.4. The van der Waals surface area contributed by atoms with Gasteiger partial charge in [0.1, 0.15) is 0 Å². The van der Waals surface area contributed by atoms with Crippen molar-refractivity contribution in [3.05, 3.63) is 322 Å². The number of nitrogens with zero attached hydrogens (tertiary/aromatic N) is 2. The highest BCUT2D eigenvalue weighted by molar-refractivity contribution is 5.91. The highest BCUT2D eigenvalue weighted by Gasteiger charge is 2.40. The molecule has 12 aromatic carbocycles. The van der Waals surface area contributed by atoms with Gasteiger partial charge in [-0.05, 0) is 234 Å². The van der Waals surface area contributed by atoms with Crippen LogP contribution in [-0.2, 0) is 21.7 Å². The van der Waals surface area contributed by atoms with Crippen LogP contribution in [0.4, 0.5) is 34.1 Å². The highest BCUT2D eigenvalue weighted by Crippen LogP contribution is 2.55. The standard InChI is InChI=1S/C88H72N2/c1-55-19-33-63(34-20-55)89(65-37-27-59(28-38-65)61-31-45-73-69-15-11-13-17-77(69)85(3,4)81(73)51-61)67-41-47-75-71-43-25-57(49-79(71)87(7,8)83(75)53-67)23-24-58-26-44-72-76-48-42-68(54-84(76)88(9,10)80(72)50-58)90(64-35-21-56(2)22-36-64)66-39-29-60(30-40-66)62-32-46-74-70-16-12-14-18-78(70)86(5,6)82(74)52-62/h11-22,25-54H,1-10H3. The number of benzene rings is 12. The maximum atomic E-state index is 3.64. The molecule has 4 aliphatic carbocycles. The minimum Gasteiger partial charge on any atom is -0.310 e. The lowest BCUT2D eigenvalue weighted by Gasteiger charge is -2.28. The van der Waals surface area contributed by atoms with E-state index in [1.54, 1.807) is 0 Å². The molecule has 4 aliphatic rings. The SMILES string of the molecule is Cc1ccc(N(c2ccc(-c3ccc4c(c3)C(C)(C)c3ccccc3-4)cc2)c2ccc3c(c2)C(C)(C)c2cc(C#Cc4ccc5c(c4)C(C)(C)c4cc(N(c6ccc(C)cc6)c6ccc(-c7ccc8c(c7)C(C)(C)c7ccccc7-8)cc6)ccc4-5)ccc2-3)cc1. The van der Waals surface area contributed by atoms with Crippen molar-refractivity contribution in [2.45, 2.75) is 90.9 Å². The molecule has 2 heteroatoms. The predicted molar refractivity (Wildman–Crippen MR) is 379 cm³/mol.